The Morgan fingerprint density at radius 2 is 2.03 bits per heavy atom. The predicted molar refractivity (Wildman–Crippen MR) is 149 cm³/mol. The maximum absolute atomic E-state index is 12.6. The van der Waals surface area contributed by atoms with Gasteiger partial charge in [0.2, 0.25) is 5.91 Å². The molecule has 2 aromatic carbocycles. The van der Waals surface area contributed by atoms with Gasteiger partial charge in [-0.1, -0.05) is 31.0 Å². The molecule has 0 radical (unpaired) electrons. The lowest BCUT2D eigenvalue weighted by Gasteiger charge is -2.41. The van der Waals surface area contributed by atoms with Gasteiger partial charge in [0.15, 0.2) is 0 Å². The highest BCUT2D eigenvalue weighted by molar-refractivity contribution is 7.98. The van der Waals surface area contributed by atoms with E-state index < -0.39 is 0 Å². The van der Waals surface area contributed by atoms with Crippen molar-refractivity contribution in [2.45, 2.75) is 62.4 Å². The highest BCUT2D eigenvalue weighted by Gasteiger charge is 2.35. The van der Waals surface area contributed by atoms with E-state index in [9.17, 15) is 9.90 Å². The smallest absolute Gasteiger partial charge is 0.232 e. The third-order valence-corrected chi connectivity index (χ3v) is 8.99. The van der Waals surface area contributed by atoms with Crippen molar-refractivity contribution < 1.29 is 19.4 Å². The molecule has 2 aromatic rings. The topological polar surface area (TPSA) is 71.0 Å². The molecule has 0 spiro atoms. The summed E-state index contributed by atoms with van der Waals surface area (Å²) in [5, 5.41) is 10.4. The monoisotopic (exact) mass is 544 g/mol. The number of halogens is 1. The SMILES string of the molecule is CC1CCCCOC2CCC2CN2CC(c3ccc(Cl)cc3CCO)COc3ccc(cc32)SNC1=O. The van der Waals surface area contributed by atoms with Gasteiger partial charge in [0, 0.05) is 54.0 Å². The van der Waals surface area contributed by atoms with Gasteiger partial charge in [0.1, 0.15) is 5.75 Å². The number of amides is 1. The van der Waals surface area contributed by atoms with Crippen LogP contribution in [0, 0.1) is 11.8 Å². The van der Waals surface area contributed by atoms with E-state index in [4.69, 9.17) is 21.1 Å². The quantitative estimate of drug-likeness (QED) is 0.490. The average molecular weight is 545 g/mol. The van der Waals surface area contributed by atoms with Crippen LogP contribution >= 0.6 is 23.5 Å². The molecule has 2 aliphatic heterocycles. The van der Waals surface area contributed by atoms with Crippen molar-refractivity contribution in [2.24, 2.45) is 11.8 Å². The van der Waals surface area contributed by atoms with Crippen LogP contribution in [-0.2, 0) is 16.0 Å². The number of aliphatic hydroxyl groups excluding tert-OH is 1. The van der Waals surface area contributed by atoms with E-state index in [1.807, 2.05) is 31.2 Å². The highest BCUT2D eigenvalue weighted by Crippen LogP contribution is 2.41. The number of nitrogens with one attached hydrogen (secondary N) is 1. The van der Waals surface area contributed by atoms with E-state index in [1.165, 1.54) is 23.9 Å². The first-order chi connectivity index (χ1) is 18.0. The van der Waals surface area contributed by atoms with Crippen molar-refractivity contribution in [3.05, 3.63) is 52.5 Å². The summed E-state index contributed by atoms with van der Waals surface area (Å²) in [5.74, 6) is 1.52. The number of hydrogen-bond donors (Lipinski definition) is 2. The zero-order valence-electron chi connectivity index (χ0n) is 21.5. The fraction of sp³-hybridized carbons (Fsp3) is 0.552. The molecule has 37 heavy (non-hydrogen) atoms. The molecule has 8 heteroatoms. The van der Waals surface area contributed by atoms with Crippen LogP contribution in [0.4, 0.5) is 5.69 Å². The summed E-state index contributed by atoms with van der Waals surface area (Å²) in [6, 6.07) is 12.2. The minimum absolute atomic E-state index is 0.0224. The van der Waals surface area contributed by atoms with E-state index in [2.05, 4.69) is 21.8 Å². The van der Waals surface area contributed by atoms with Crippen molar-refractivity contribution >= 4 is 35.1 Å². The third kappa shape index (κ3) is 6.39. The molecule has 3 aliphatic rings. The lowest BCUT2D eigenvalue weighted by Crippen LogP contribution is -2.44. The fourth-order valence-electron chi connectivity index (χ4n) is 5.59. The molecule has 4 atom stereocenters. The van der Waals surface area contributed by atoms with Gasteiger partial charge in [-0.05, 0) is 85.5 Å². The molecule has 1 aliphatic carbocycles. The second-order valence-corrected chi connectivity index (χ2v) is 11.9. The first kappa shape index (κ1) is 26.7. The highest BCUT2D eigenvalue weighted by atomic mass is 35.5. The van der Waals surface area contributed by atoms with E-state index >= 15 is 0 Å². The van der Waals surface area contributed by atoms with Gasteiger partial charge < -0.3 is 19.5 Å². The largest absolute Gasteiger partial charge is 0.491 e. The van der Waals surface area contributed by atoms with Crippen molar-refractivity contribution in [1.82, 2.24) is 4.72 Å². The molecule has 6 nitrogen and oxygen atoms in total. The number of nitrogens with zero attached hydrogens (tertiary/aromatic N) is 1. The van der Waals surface area contributed by atoms with E-state index in [0.29, 0.717) is 24.0 Å². The number of benzene rings is 2. The third-order valence-electron chi connectivity index (χ3n) is 7.96. The summed E-state index contributed by atoms with van der Waals surface area (Å²) in [7, 11) is 0. The first-order valence-corrected chi connectivity index (χ1v) is 14.7. The van der Waals surface area contributed by atoms with Gasteiger partial charge in [-0.3, -0.25) is 9.52 Å². The molecular formula is C29H37ClN2O4S. The van der Waals surface area contributed by atoms with Crippen molar-refractivity contribution in [3.63, 3.8) is 0 Å². The van der Waals surface area contributed by atoms with Crippen LogP contribution in [0.15, 0.2) is 41.3 Å². The van der Waals surface area contributed by atoms with Crippen LogP contribution in [0.25, 0.3) is 0 Å². The molecule has 0 saturated heterocycles. The minimum Gasteiger partial charge on any atom is -0.491 e. The summed E-state index contributed by atoms with van der Waals surface area (Å²) in [5.41, 5.74) is 3.31. The summed E-state index contributed by atoms with van der Waals surface area (Å²) in [6.45, 7) is 5.08. The Bertz CT molecular complexity index is 1100. The van der Waals surface area contributed by atoms with Gasteiger partial charge in [0.05, 0.1) is 18.4 Å². The van der Waals surface area contributed by atoms with Crippen molar-refractivity contribution in [3.8, 4) is 5.75 Å². The maximum Gasteiger partial charge on any atom is 0.232 e. The number of rotatable bonds is 3. The zero-order chi connectivity index (χ0) is 25.8. The molecule has 5 rings (SSSR count). The summed E-state index contributed by atoms with van der Waals surface area (Å²) in [4.78, 5) is 16.1. The Labute approximate surface area is 229 Å². The molecule has 4 unspecified atom stereocenters. The van der Waals surface area contributed by atoms with Gasteiger partial charge in [-0.25, -0.2) is 0 Å². The van der Waals surface area contributed by atoms with Crippen LogP contribution in [0.5, 0.6) is 5.75 Å². The Kier molecular flexibility index (Phi) is 8.86. The van der Waals surface area contributed by atoms with Crippen LogP contribution in [0.3, 0.4) is 0 Å². The van der Waals surface area contributed by atoms with E-state index in [0.717, 1.165) is 67.3 Å². The van der Waals surface area contributed by atoms with Crippen LogP contribution in [-0.4, -0.2) is 50.0 Å². The number of anilines is 1. The molecule has 2 bridgehead atoms. The van der Waals surface area contributed by atoms with Gasteiger partial charge >= 0.3 is 0 Å². The molecule has 2 heterocycles. The average Bonchev–Trinajstić information content (AvgIpc) is 3.06. The summed E-state index contributed by atoms with van der Waals surface area (Å²) >= 11 is 7.69. The summed E-state index contributed by atoms with van der Waals surface area (Å²) < 4.78 is 15.7. The molecule has 200 valence electrons. The Balaban J connectivity index is 1.45. The molecule has 2 N–H and O–H groups in total. The van der Waals surface area contributed by atoms with Crippen LogP contribution in [0.1, 0.15) is 56.1 Å². The number of hydrogen-bond acceptors (Lipinski definition) is 6. The molecule has 1 amide bonds. The predicted octanol–water partition coefficient (Wildman–Crippen LogP) is 5.60. The molecule has 1 fully saturated rings. The van der Waals surface area contributed by atoms with Crippen LogP contribution in [0.2, 0.25) is 5.02 Å². The first-order valence-electron chi connectivity index (χ1n) is 13.5. The Hall–Kier alpha value is -1.93. The number of fused-ring (bicyclic) bond motifs is 2. The van der Waals surface area contributed by atoms with E-state index in [-0.39, 0.29) is 30.5 Å². The van der Waals surface area contributed by atoms with Gasteiger partial charge in [-0.2, -0.15) is 0 Å². The fourth-order valence-corrected chi connectivity index (χ4v) is 6.51. The second kappa shape index (κ2) is 12.3. The lowest BCUT2D eigenvalue weighted by atomic mass is 9.81. The van der Waals surface area contributed by atoms with Crippen molar-refractivity contribution in [2.75, 3.05) is 37.8 Å². The van der Waals surface area contributed by atoms with Crippen molar-refractivity contribution in [1.29, 1.82) is 0 Å². The zero-order valence-corrected chi connectivity index (χ0v) is 23.0. The van der Waals surface area contributed by atoms with E-state index in [1.54, 1.807) is 0 Å². The minimum atomic E-state index is -0.0224. The Morgan fingerprint density at radius 3 is 2.84 bits per heavy atom. The number of ether oxygens (including phenoxy) is 2. The summed E-state index contributed by atoms with van der Waals surface area (Å²) in [6.07, 6.45) is 5.99. The molecular weight excluding hydrogens is 508 g/mol. The number of carbonyl (C=O) groups excluding carboxylic acids is 1. The molecule has 0 aromatic heterocycles. The van der Waals surface area contributed by atoms with Gasteiger partial charge in [-0.15, -0.1) is 0 Å². The molecule has 1 saturated carbocycles. The number of aliphatic hydroxyl groups is 1. The number of carbonyl (C=O) groups is 1. The van der Waals surface area contributed by atoms with Gasteiger partial charge in [0.25, 0.3) is 0 Å². The lowest BCUT2D eigenvalue weighted by molar-refractivity contribution is -0.122. The second-order valence-electron chi connectivity index (χ2n) is 10.6. The maximum atomic E-state index is 12.6. The standard InChI is InChI=1S/C29H37ClN2O4S/c1-19-4-2-3-13-35-27-9-5-21(27)16-32-17-22(25-8-6-23(30)14-20(25)11-12-33)18-36-28-10-7-24(15-26(28)32)37-31-29(19)34/h6-8,10,14-15,19,21-22,27,33H,2-5,9,11-13,16-18H2,1H3,(H,31,34). The van der Waals surface area contributed by atoms with Crippen LogP contribution < -0.4 is 14.4 Å². The normalized spacial score (nSPS) is 26.8. The Morgan fingerprint density at radius 1 is 1.14 bits per heavy atom.